The molecule has 0 aliphatic rings. The van der Waals surface area contributed by atoms with E-state index in [0.29, 0.717) is 11.3 Å². The van der Waals surface area contributed by atoms with Crippen LogP contribution >= 0.6 is 0 Å². The first kappa shape index (κ1) is 19.1. The van der Waals surface area contributed by atoms with Crippen LogP contribution in [-0.4, -0.2) is 34.6 Å². The minimum Gasteiger partial charge on any atom is -0.497 e. The first-order valence-electron chi connectivity index (χ1n) is 9.19. The van der Waals surface area contributed by atoms with Crippen LogP contribution in [-0.2, 0) is 9.84 Å². The Balaban J connectivity index is 2.01. The number of methoxy groups -OCH3 is 1. The Morgan fingerprint density at radius 3 is 2.21 bits per heavy atom. The Morgan fingerprint density at radius 1 is 0.897 bits per heavy atom. The van der Waals surface area contributed by atoms with Crippen molar-refractivity contribution in [3.05, 3.63) is 72.8 Å². The highest BCUT2D eigenvalue weighted by Gasteiger charge is 2.26. The van der Waals surface area contributed by atoms with E-state index < -0.39 is 9.84 Å². The summed E-state index contributed by atoms with van der Waals surface area (Å²) in [5.74, 6) is 0.673. The van der Waals surface area contributed by atoms with Crippen molar-refractivity contribution in [3.63, 3.8) is 0 Å². The molecule has 0 unspecified atom stereocenters. The number of nitrogens with zero attached hydrogens (tertiary/aromatic N) is 1. The van der Waals surface area contributed by atoms with Crippen LogP contribution in [0.5, 0.6) is 5.75 Å². The van der Waals surface area contributed by atoms with Crippen LogP contribution in [0.25, 0.3) is 22.0 Å². The van der Waals surface area contributed by atoms with Gasteiger partial charge in [0.15, 0.2) is 0 Å². The van der Waals surface area contributed by atoms with Crippen LogP contribution in [0.3, 0.4) is 0 Å². The third-order valence-corrected chi connectivity index (χ3v) is 6.70. The number of aromatic amines is 1. The predicted molar refractivity (Wildman–Crippen MR) is 117 cm³/mol. The molecule has 0 saturated heterocycles. The number of rotatable bonds is 5. The third-order valence-electron chi connectivity index (χ3n) is 4.97. The fourth-order valence-electron chi connectivity index (χ4n) is 3.41. The maximum absolute atomic E-state index is 13.5. The summed E-state index contributed by atoms with van der Waals surface area (Å²) in [5, 5.41) is 0.987. The van der Waals surface area contributed by atoms with Crippen molar-refractivity contribution in [1.29, 1.82) is 0 Å². The molecule has 3 aromatic carbocycles. The van der Waals surface area contributed by atoms with Gasteiger partial charge in [0, 0.05) is 36.2 Å². The number of fused-ring (bicyclic) bond motifs is 1. The highest BCUT2D eigenvalue weighted by Crippen LogP contribution is 2.39. The zero-order chi connectivity index (χ0) is 20.6. The van der Waals surface area contributed by atoms with Gasteiger partial charge in [0.1, 0.15) is 10.8 Å². The Kier molecular flexibility index (Phi) is 4.80. The first-order valence-corrected chi connectivity index (χ1v) is 10.7. The minimum absolute atomic E-state index is 0.185. The van der Waals surface area contributed by atoms with Crippen LogP contribution in [0.1, 0.15) is 0 Å². The number of aromatic nitrogens is 1. The lowest BCUT2D eigenvalue weighted by Gasteiger charge is -2.13. The minimum atomic E-state index is -3.73. The van der Waals surface area contributed by atoms with Gasteiger partial charge in [-0.15, -0.1) is 0 Å². The van der Waals surface area contributed by atoms with E-state index >= 15 is 0 Å². The summed E-state index contributed by atoms with van der Waals surface area (Å²) >= 11 is 0. The van der Waals surface area contributed by atoms with Crippen molar-refractivity contribution in [2.75, 3.05) is 26.1 Å². The van der Waals surface area contributed by atoms with Crippen LogP contribution in [0.2, 0.25) is 0 Å². The second kappa shape index (κ2) is 7.29. The lowest BCUT2D eigenvalue weighted by molar-refractivity contribution is 0.415. The lowest BCUT2D eigenvalue weighted by atomic mass is 10.0. The van der Waals surface area contributed by atoms with E-state index in [1.165, 1.54) is 0 Å². The average Bonchev–Trinajstić information content (AvgIpc) is 3.14. The van der Waals surface area contributed by atoms with E-state index in [2.05, 4.69) is 4.98 Å². The molecule has 0 atom stereocenters. The van der Waals surface area contributed by atoms with Crippen molar-refractivity contribution in [2.45, 2.75) is 9.92 Å². The molecule has 0 saturated carbocycles. The summed E-state index contributed by atoms with van der Waals surface area (Å²) in [6.07, 6.45) is 0. The molecule has 0 bridgehead atoms. The standard InChI is InChI=1S/C23H22N2O3S/c1-25(2)17-11-9-16(10-12-17)22-20-15-18(28-3)13-14-21(20)24-23(22)29(26,27)19-7-5-4-6-8-19/h4-15,24H,1-3H3. The molecule has 0 radical (unpaired) electrons. The second-order valence-corrected chi connectivity index (χ2v) is 8.88. The van der Waals surface area contributed by atoms with E-state index in [-0.39, 0.29) is 9.92 Å². The third kappa shape index (κ3) is 3.36. The quantitative estimate of drug-likeness (QED) is 0.520. The van der Waals surface area contributed by atoms with Gasteiger partial charge in [-0.25, -0.2) is 8.42 Å². The summed E-state index contributed by atoms with van der Waals surface area (Å²) in [7, 11) is 1.80. The molecule has 0 fully saturated rings. The number of nitrogens with one attached hydrogen (secondary N) is 1. The van der Waals surface area contributed by atoms with E-state index in [1.54, 1.807) is 37.4 Å². The summed E-state index contributed by atoms with van der Waals surface area (Å²) in [6.45, 7) is 0. The fraction of sp³-hybridized carbons (Fsp3) is 0.130. The summed E-state index contributed by atoms with van der Waals surface area (Å²) in [4.78, 5) is 5.39. The number of hydrogen-bond donors (Lipinski definition) is 1. The number of benzene rings is 3. The van der Waals surface area contributed by atoms with Gasteiger partial charge in [-0.2, -0.15) is 0 Å². The van der Waals surface area contributed by atoms with E-state index in [9.17, 15) is 8.42 Å². The topological polar surface area (TPSA) is 62.4 Å². The summed E-state index contributed by atoms with van der Waals surface area (Å²) < 4.78 is 32.3. The molecule has 4 rings (SSSR count). The smallest absolute Gasteiger partial charge is 0.222 e. The Labute approximate surface area is 170 Å². The SMILES string of the molecule is COc1ccc2[nH]c(S(=O)(=O)c3ccccc3)c(-c3ccc(N(C)C)cc3)c2c1. The molecular formula is C23H22N2O3S. The van der Waals surface area contributed by atoms with Crippen molar-refractivity contribution in [3.8, 4) is 16.9 Å². The normalized spacial score (nSPS) is 11.6. The maximum atomic E-state index is 13.5. The van der Waals surface area contributed by atoms with E-state index in [0.717, 1.165) is 22.2 Å². The summed E-state index contributed by atoms with van der Waals surface area (Å²) in [5.41, 5.74) is 3.25. The monoisotopic (exact) mass is 406 g/mol. The average molecular weight is 407 g/mol. The van der Waals surface area contributed by atoms with E-state index in [1.807, 2.05) is 61.5 Å². The fourth-order valence-corrected chi connectivity index (χ4v) is 4.90. The van der Waals surface area contributed by atoms with Crippen LogP contribution < -0.4 is 9.64 Å². The van der Waals surface area contributed by atoms with Gasteiger partial charge >= 0.3 is 0 Å². The second-order valence-electron chi connectivity index (χ2n) is 7.00. The first-order chi connectivity index (χ1) is 13.9. The highest BCUT2D eigenvalue weighted by atomic mass is 32.2. The molecule has 1 N–H and O–H groups in total. The van der Waals surface area contributed by atoms with Gasteiger partial charge in [-0.05, 0) is 48.0 Å². The molecule has 6 heteroatoms. The molecule has 0 aliphatic carbocycles. The number of ether oxygens (including phenoxy) is 1. The maximum Gasteiger partial charge on any atom is 0.222 e. The highest BCUT2D eigenvalue weighted by molar-refractivity contribution is 7.91. The molecule has 0 spiro atoms. The number of hydrogen-bond acceptors (Lipinski definition) is 4. The Morgan fingerprint density at radius 2 is 1.59 bits per heavy atom. The molecular weight excluding hydrogens is 384 g/mol. The molecule has 4 aromatic rings. The van der Waals surface area contributed by atoms with Crippen molar-refractivity contribution in [1.82, 2.24) is 4.98 Å². The van der Waals surface area contributed by atoms with Crippen molar-refractivity contribution >= 4 is 26.4 Å². The summed E-state index contributed by atoms with van der Waals surface area (Å²) in [6, 6.07) is 21.9. The van der Waals surface area contributed by atoms with Gasteiger partial charge in [-0.1, -0.05) is 30.3 Å². The van der Waals surface area contributed by atoms with Crippen LogP contribution in [0, 0.1) is 0 Å². The van der Waals surface area contributed by atoms with Crippen molar-refractivity contribution < 1.29 is 13.2 Å². The Hall–Kier alpha value is -3.25. The van der Waals surface area contributed by atoms with Gasteiger partial charge in [0.05, 0.1) is 12.0 Å². The lowest BCUT2D eigenvalue weighted by Crippen LogP contribution is -2.08. The molecule has 0 amide bonds. The largest absolute Gasteiger partial charge is 0.497 e. The zero-order valence-corrected chi connectivity index (χ0v) is 17.3. The molecule has 5 nitrogen and oxygen atoms in total. The Bertz CT molecular complexity index is 1260. The zero-order valence-electron chi connectivity index (χ0n) is 16.5. The van der Waals surface area contributed by atoms with Crippen molar-refractivity contribution in [2.24, 2.45) is 0 Å². The number of H-pyrrole nitrogens is 1. The number of anilines is 1. The molecule has 148 valence electrons. The van der Waals surface area contributed by atoms with E-state index in [4.69, 9.17) is 4.74 Å². The van der Waals surface area contributed by atoms with Gasteiger partial charge in [0.2, 0.25) is 9.84 Å². The molecule has 29 heavy (non-hydrogen) atoms. The predicted octanol–water partition coefficient (Wildman–Crippen LogP) is 4.74. The van der Waals surface area contributed by atoms with Crippen LogP contribution in [0.4, 0.5) is 5.69 Å². The molecule has 1 aromatic heterocycles. The molecule has 1 heterocycles. The van der Waals surface area contributed by atoms with Crippen LogP contribution in [0.15, 0.2) is 82.7 Å². The van der Waals surface area contributed by atoms with Gasteiger partial charge in [-0.3, -0.25) is 0 Å². The van der Waals surface area contributed by atoms with Gasteiger partial charge in [0.25, 0.3) is 0 Å². The molecule has 0 aliphatic heterocycles. The number of sulfone groups is 1. The van der Waals surface area contributed by atoms with Gasteiger partial charge < -0.3 is 14.6 Å².